The van der Waals surface area contributed by atoms with Crippen molar-refractivity contribution in [1.82, 2.24) is 10.1 Å². The van der Waals surface area contributed by atoms with E-state index in [1.165, 1.54) is 0 Å². The monoisotopic (exact) mass is 259 g/mol. The first-order chi connectivity index (χ1) is 9.00. The van der Waals surface area contributed by atoms with Crippen LogP contribution in [-0.4, -0.2) is 10.1 Å². The van der Waals surface area contributed by atoms with Crippen molar-refractivity contribution in [3.05, 3.63) is 47.6 Å². The van der Waals surface area contributed by atoms with Gasteiger partial charge in [0.2, 0.25) is 0 Å². The zero-order valence-corrected chi connectivity index (χ0v) is 11.8. The number of benzene rings is 1. The number of aryl methyl sites for hydroxylation is 1. The average molecular weight is 259 g/mol. The molecule has 0 aliphatic rings. The van der Waals surface area contributed by atoms with Gasteiger partial charge in [0, 0.05) is 6.42 Å². The summed E-state index contributed by atoms with van der Waals surface area (Å²) in [4.78, 5) is 4.43. The molecule has 0 amide bonds. The number of nitrogens with two attached hydrogens (primary N) is 1. The zero-order valence-electron chi connectivity index (χ0n) is 11.8. The lowest BCUT2D eigenvalue weighted by atomic mass is 9.93. The lowest BCUT2D eigenvalue weighted by Gasteiger charge is -2.20. The van der Waals surface area contributed by atoms with Gasteiger partial charge in [0.1, 0.15) is 5.54 Å². The predicted molar refractivity (Wildman–Crippen MR) is 74.5 cm³/mol. The van der Waals surface area contributed by atoms with Gasteiger partial charge in [-0.2, -0.15) is 4.98 Å². The summed E-state index contributed by atoms with van der Waals surface area (Å²) in [5, 5.41) is 4.01. The maximum atomic E-state index is 6.33. The van der Waals surface area contributed by atoms with E-state index in [0.29, 0.717) is 11.8 Å². The molecule has 0 fully saturated rings. The van der Waals surface area contributed by atoms with Gasteiger partial charge in [0.15, 0.2) is 5.82 Å². The molecular formula is C15H21N3O. The maximum Gasteiger partial charge on any atom is 0.251 e. The van der Waals surface area contributed by atoms with Crippen molar-refractivity contribution in [3.63, 3.8) is 0 Å². The molecule has 0 aliphatic carbocycles. The normalized spacial score (nSPS) is 14.6. The molecule has 4 heteroatoms. The Labute approximate surface area is 114 Å². The van der Waals surface area contributed by atoms with Gasteiger partial charge in [-0.05, 0) is 24.8 Å². The minimum absolute atomic E-state index is 0.470. The summed E-state index contributed by atoms with van der Waals surface area (Å²) < 4.78 is 5.33. The summed E-state index contributed by atoms with van der Waals surface area (Å²) in [6, 6.07) is 9.81. The molecule has 0 spiro atoms. The predicted octanol–water partition coefficient (Wildman–Crippen LogP) is 2.88. The minimum atomic E-state index is -0.746. The number of nitrogens with zero attached hydrogens (tertiary/aromatic N) is 2. The van der Waals surface area contributed by atoms with Crippen LogP contribution in [0.15, 0.2) is 34.9 Å². The molecule has 4 nitrogen and oxygen atoms in total. The molecule has 1 unspecified atom stereocenters. The van der Waals surface area contributed by atoms with Crippen LogP contribution in [0.4, 0.5) is 0 Å². The number of aromatic nitrogens is 2. The molecule has 2 N–H and O–H groups in total. The Balaban J connectivity index is 2.17. The molecule has 1 aromatic carbocycles. The van der Waals surface area contributed by atoms with Crippen molar-refractivity contribution >= 4 is 0 Å². The summed E-state index contributed by atoms with van der Waals surface area (Å²) in [5.74, 6) is 1.83. The van der Waals surface area contributed by atoms with E-state index in [1.807, 2.05) is 37.3 Å². The molecule has 1 heterocycles. The highest BCUT2D eigenvalue weighted by atomic mass is 16.5. The second-order valence-electron chi connectivity index (χ2n) is 5.52. The van der Waals surface area contributed by atoms with Crippen LogP contribution in [0, 0.1) is 5.92 Å². The van der Waals surface area contributed by atoms with Gasteiger partial charge < -0.3 is 10.3 Å². The van der Waals surface area contributed by atoms with Gasteiger partial charge in [-0.3, -0.25) is 0 Å². The summed E-state index contributed by atoms with van der Waals surface area (Å²) in [7, 11) is 0. The van der Waals surface area contributed by atoms with E-state index in [1.54, 1.807) is 0 Å². The second-order valence-corrected chi connectivity index (χ2v) is 5.52. The highest BCUT2D eigenvalue weighted by Gasteiger charge is 2.30. The van der Waals surface area contributed by atoms with Crippen molar-refractivity contribution in [2.75, 3.05) is 0 Å². The van der Waals surface area contributed by atoms with Gasteiger partial charge in [-0.15, -0.1) is 0 Å². The molecule has 2 rings (SSSR count). The Morgan fingerprint density at radius 1 is 1.26 bits per heavy atom. The lowest BCUT2D eigenvalue weighted by molar-refractivity contribution is 0.322. The molecule has 1 atom stereocenters. The van der Waals surface area contributed by atoms with Crippen molar-refractivity contribution in [1.29, 1.82) is 0 Å². The Bertz CT molecular complexity index is 517. The van der Waals surface area contributed by atoms with Crippen LogP contribution in [0.25, 0.3) is 0 Å². The quantitative estimate of drug-likeness (QED) is 0.896. The Kier molecular flexibility index (Phi) is 4.00. The molecule has 1 aromatic heterocycles. The summed E-state index contributed by atoms with van der Waals surface area (Å²) in [5.41, 5.74) is 6.55. The first kappa shape index (κ1) is 13.7. The second kappa shape index (κ2) is 5.53. The number of rotatable bonds is 5. The Hall–Kier alpha value is -1.68. The maximum absolute atomic E-state index is 6.33. The van der Waals surface area contributed by atoms with E-state index in [9.17, 15) is 0 Å². The molecule has 102 valence electrons. The molecular weight excluding hydrogens is 238 g/mol. The fraction of sp³-hybridized carbons (Fsp3) is 0.467. The summed E-state index contributed by atoms with van der Waals surface area (Å²) >= 11 is 0. The lowest BCUT2D eigenvalue weighted by Crippen LogP contribution is -2.34. The van der Waals surface area contributed by atoms with E-state index in [0.717, 1.165) is 24.2 Å². The fourth-order valence-corrected chi connectivity index (χ4v) is 1.89. The molecule has 0 bridgehead atoms. The van der Waals surface area contributed by atoms with Crippen LogP contribution in [0.1, 0.15) is 44.5 Å². The molecule has 0 saturated carbocycles. The summed E-state index contributed by atoms with van der Waals surface area (Å²) in [6.07, 6.45) is 1.87. The van der Waals surface area contributed by atoms with Crippen molar-refractivity contribution < 1.29 is 4.52 Å². The molecule has 0 saturated heterocycles. The first-order valence-electron chi connectivity index (χ1n) is 6.67. The smallest absolute Gasteiger partial charge is 0.251 e. The van der Waals surface area contributed by atoms with E-state index >= 15 is 0 Å². The summed E-state index contributed by atoms with van der Waals surface area (Å²) in [6.45, 7) is 6.25. The van der Waals surface area contributed by atoms with Crippen molar-refractivity contribution in [2.45, 2.75) is 39.2 Å². The highest BCUT2D eigenvalue weighted by molar-refractivity contribution is 5.28. The standard InChI is InChI=1S/C15H21N3O/c1-11(2)9-10-13-17-14(19-18-13)15(3,16)12-7-5-4-6-8-12/h4-8,11H,9-10,16H2,1-3H3. The van der Waals surface area contributed by atoms with E-state index in [2.05, 4.69) is 24.0 Å². The molecule has 0 aliphatic heterocycles. The van der Waals surface area contributed by atoms with Gasteiger partial charge in [-0.1, -0.05) is 49.3 Å². The zero-order chi connectivity index (χ0) is 13.9. The molecule has 2 aromatic rings. The molecule has 0 radical (unpaired) electrons. The van der Waals surface area contributed by atoms with E-state index in [-0.39, 0.29) is 0 Å². The van der Waals surface area contributed by atoms with Gasteiger partial charge in [0.05, 0.1) is 0 Å². The number of hydrogen-bond acceptors (Lipinski definition) is 4. The number of hydrogen-bond donors (Lipinski definition) is 1. The highest BCUT2D eigenvalue weighted by Crippen LogP contribution is 2.25. The third-order valence-corrected chi connectivity index (χ3v) is 3.23. The van der Waals surface area contributed by atoms with E-state index < -0.39 is 5.54 Å². The Morgan fingerprint density at radius 2 is 1.95 bits per heavy atom. The van der Waals surface area contributed by atoms with Crippen molar-refractivity contribution in [2.24, 2.45) is 11.7 Å². The van der Waals surface area contributed by atoms with Crippen molar-refractivity contribution in [3.8, 4) is 0 Å². The van der Waals surface area contributed by atoms with Crippen LogP contribution in [0.5, 0.6) is 0 Å². The first-order valence-corrected chi connectivity index (χ1v) is 6.67. The third kappa shape index (κ3) is 3.20. The van der Waals surface area contributed by atoms with Crippen LogP contribution in [0.3, 0.4) is 0 Å². The van der Waals surface area contributed by atoms with Crippen LogP contribution < -0.4 is 5.73 Å². The van der Waals surface area contributed by atoms with Gasteiger partial charge in [0.25, 0.3) is 5.89 Å². The van der Waals surface area contributed by atoms with Gasteiger partial charge >= 0.3 is 0 Å². The fourth-order valence-electron chi connectivity index (χ4n) is 1.89. The van der Waals surface area contributed by atoms with Gasteiger partial charge in [-0.25, -0.2) is 0 Å². The van der Waals surface area contributed by atoms with Crippen LogP contribution in [0.2, 0.25) is 0 Å². The van der Waals surface area contributed by atoms with Crippen LogP contribution in [-0.2, 0) is 12.0 Å². The van der Waals surface area contributed by atoms with Crippen LogP contribution >= 0.6 is 0 Å². The average Bonchev–Trinajstić information content (AvgIpc) is 2.87. The topological polar surface area (TPSA) is 64.9 Å². The molecule has 19 heavy (non-hydrogen) atoms. The minimum Gasteiger partial charge on any atom is -0.337 e. The van der Waals surface area contributed by atoms with E-state index in [4.69, 9.17) is 10.3 Å². The largest absolute Gasteiger partial charge is 0.337 e. The third-order valence-electron chi connectivity index (χ3n) is 3.23. The SMILES string of the molecule is CC(C)CCc1noc(C(C)(N)c2ccccc2)n1. The Morgan fingerprint density at radius 3 is 2.58 bits per heavy atom.